The molecule has 2 aromatic carbocycles. The maximum Gasteiger partial charge on any atom is 0.329 e. The first-order valence-electron chi connectivity index (χ1n) is 8.48. The number of rotatable bonds is 7. The van der Waals surface area contributed by atoms with Crippen molar-refractivity contribution in [2.24, 2.45) is 5.73 Å². The second-order valence-electron chi connectivity index (χ2n) is 6.87. The maximum atomic E-state index is 12.5. The Morgan fingerprint density at radius 2 is 1.74 bits per heavy atom. The van der Waals surface area contributed by atoms with Gasteiger partial charge in [0.1, 0.15) is 12.6 Å². The topological polar surface area (TPSA) is 122 Å². The van der Waals surface area contributed by atoms with E-state index in [1.807, 2.05) is 30.3 Å². The van der Waals surface area contributed by atoms with E-state index in [9.17, 15) is 19.8 Å². The van der Waals surface area contributed by atoms with Crippen molar-refractivity contribution in [1.82, 2.24) is 5.32 Å². The van der Waals surface area contributed by atoms with E-state index < -0.39 is 23.5 Å². The van der Waals surface area contributed by atoms with Crippen molar-refractivity contribution in [1.29, 1.82) is 0 Å². The van der Waals surface area contributed by atoms with E-state index in [-0.39, 0.29) is 24.5 Å². The van der Waals surface area contributed by atoms with Gasteiger partial charge in [0.25, 0.3) is 0 Å². The van der Waals surface area contributed by atoms with Gasteiger partial charge in [-0.05, 0) is 37.1 Å². The highest BCUT2D eigenvalue weighted by molar-refractivity contribution is 5.89. The summed E-state index contributed by atoms with van der Waals surface area (Å²) in [6.45, 7) is 3.13. The summed E-state index contributed by atoms with van der Waals surface area (Å²) in [5.41, 5.74) is 5.98. The molecule has 1 amide bonds. The van der Waals surface area contributed by atoms with E-state index in [0.717, 1.165) is 5.56 Å². The summed E-state index contributed by atoms with van der Waals surface area (Å²) in [6.07, 6.45) is 0.0727. The average Bonchev–Trinajstić information content (AvgIpc) is 2.62. The number of carbonyl (C=O) groups is 2. The summed E-state index contributed by atoms with van der Waals surface area (Å²) >= 11 is 0. The van der Waals surface area contributed by atoms with Gasteiger partial charge in [0.15, 0.2) is 11.5 Å². The van der Waals surface area contributed by atoms with Crippen molar-refractivity contribution < 1.29 is 24.5 Å². The highest BCUT2D eigenvalue weighted by Gasteiger charge is 2.29. The van der Waals surface area contributed by atoms with Crippen molar-refractivity contribution in [3.05, 3.63) is 59.7 Å². The van der Waals surface area contributed by atoms with Gasteiger partial charge in [-0.2, -0.15) is 0 Å². The lowest BCUT2D eigenvalue weighted by atomic mass is 10.0. The van der Waals surface area contributed by atoms with Crippen molar-refractivity contribution in [2.45, 2.75) is 38.5 Å². The third kappa shape index (κ3) is 6.00. The number of hydrogen-bond donors (Lipinski definition) is 4. The average molecular weight is 372 g/mol. The van der Waals surface area contributed by atoms with Crippen LogP contribution in [0.15, 0.2) is 48.5 Å². The molecule has 7 heteroatoms. The Kier molecular flexibility index (Phi) is 6.41. The minimum Gasteiger partial charge on any atom is -0.504 e. The van der Waals surface area contributed by atoms with Gasteiger partial charge in [-0.15, -0.1) is 0 Å². The molecule has 0 bridgehead atoms. The number of nitrogens with two attached hydrogens (primary N) is 1. The second kappa shape index (κ2) is 8.55. The molecule has 0 spiro atoms. The van der Waals surface area contributed by atoms with Crippen LogP contribution in [0.4, 0.5) is 0 Å². The number of amides is 1. The first kappa shape index (κ1) is 20.3. The van der Waals surface area contributed by atoms with Crippen LogP contribution in [0.1, 0.15) is 25.0 Å². The van der Waals surface area contributed by atoms with Crippen LogP contribution >= 0.6 is 0 Å². The van der Waals surface area contributed by atoms with E-state index in [4.69, 9.17) is 10.5 Å². The molecule has 27 heavy (non-hydrogen) atoms. The fourth-order valence-electron chi connectivity index (χ4n) is 2.30. The van der Waals surface area contributed by atoms with E-state index in [1.165, 1.54) is 26.0 Å². The van der Waals surface area contributed by atoms with Gasteiger partial charge in [0, 0.05) is 6.42 Å². The lowest BCUT2D eigenvalue weighted by Gasteiger charge is -2.23. The van der Waals surface area contributed by atoms with Gasteiger partial charge >= 0.3 is 5.97 Å². The molecule has 1 unspecified atom stereocenters. The van der Waals surface area contributed by atoms with Crippen LogP contribution in [0.3, 0.4) is 0 Å². The van der Waals surface area contributed by atoms with Crippen molar-refractivity contribution in [3.8, 4) is 11.5 Å². The Morgan fingerprint density at radius 1 is 1.07 bits per heavy atom. The predicted octanol–water partition coefficient (Wildman–Crippen LogP) is 1.61. The molecule has 0 fully saturated rings. The van der Waals surface area contributed by atoms with Gasteiger partial charge in [0.05, 0.1) is 5.54 Å². The van der Waals surface area contributed by atoms with Gasteiger partial charge < -0.3 is 26.0 Å². The van der Waals surface area contributed by atoms with Gasteiger partial charge in [-0.1, -0.05) is 36.4 Å². The fourth-order valence-corrected chi connectivity index (χ4v) is 2.30. The third-order valence-corrected chi connectivity index (χ3v) is 3.88. The first-order chi connectivity index (χ1) is 12.7. The largest absolute Gasteiger partial charge is 0.504 e. The summed E-state index contributed by atoms with van der Waals surface area (Å²) in [7, 11) is 0. The van der Waals surface area contributed by atoms with Gasteiger partial charge in [-0.3, -0.25) is 4.79 Å². The summed E-state index contributed by atoms with van der Waals surface area (Å²) in [5, 5.41) is 21.7. The van der Waals surface area contributed by atoms with Crippen LogP contribution in [0.2, 0.25) is 0 Å². The molecular weight excluding hydrogens is 348 g/mol. The van der Waals surface area contributed by atoms with E-state index in [2.05, 4.69) is 5.32 Å². The van der Waals surface area contributed by atoms with Crippen LogP contribution in [0.5, 0.6) is 11.5 Å². The lowest BCUT2D eigenvalue weighted by Crippen LogP contribution is -2.54. The van der Waals surface area contributed by atoms with E-state index in [1.54, 1.807) is 6.07 Å². The van der Waals surface area contributed by atoms with Crippen LogP contribution in [0, 0.1) is 0 Å². The minimum atomic E-state index is -1.17. The Balaban J connectivity index is 2.13. The number of benzene rings is 2. The van der Waals surface area contributed by atoms with Crippen molar-refractivity contribution in [2.75, 3.05) is 0 Å². The molecule has 5 N–H and O–H groups in total. The molecule has 0 aliphatic rings. The molecule has 0 radical (unpaired) electrons. The summed E-state index contributed by atoms with van der Waals surface area (Å²) in [4.78, 5) is 24.8. The normalized spacial score (nSPS) is 12.3. The molecule has 0 aromatic heterocycles. The quantitative estimate of drug-likeness (QED) is 0.433. The molecule has 2 aromatic rings. The van der Waals surface area contributed by atoms with Crippen LogP contribution in [-0.2, 0) is 27.4 Å². The molecule has 0 heterocycles. The Bertz CT molecular complexity index is 800. The number of esters is 1. The van der Waals surface area contributed by atoms with Crippen LogP contribution in [-0.4, -0.2) is 33.7 Å². The van der Waals surface area contributed by atoms with E-state index >= 15 is 0 Å². The van der Waals surface area contributed by atoms with E-state index in [0.29, 0.717) is 5.56 Å². The zero-order valence-corrected chi connectivity index (χ0v) is 15.3. The number of phenolic OH excluding ortho intramolecular Hbond substituents is 2. The summed E-state index contributed by atoms with van der Waals surface area (Å²) in [6, 6.07) is 12.4. The standard InChI is InChI=1S/C20H24N2O5/c1-20(2,21)19(26)22-15(10-14-8-9-16(23)17(24)11-14)18(25)27-12-13-6-4-3-5-7-13/h3-9,11,15,23-24H,10,12,21H2,1-2H3,(H,22,26). The SMILES string of the molecule is CC(C)(N)C(=O)NC(Cc1ccc(O)c(O)c1)C(=O)OCc1ccccc1. The Hall–Kier alpha value is -3.06. The van der Waals surface area contributed by atoms with Gasteiger partial charge in [-0.25, -0.2) is 4.79 Å². The molecular formula is C20H24N2O5. The fraction of sp³-hybridized carbons (Fsp3) is 0.300. The minimum absolute atomic E-state index is 0.0683. The maximum absolute atomic E-state index is 12.5. The highest BCUT2D eigenvalue weighted by atomic mass is 16.5. The van der Waals surface area contributed by atoms with Crippen LogP contribution < -0.4 is 11.1 Å². The smallest absolute Gasteiger partial charge is 0.329 e. The van der Waals surface area contributed by atoms with Crippen molar-refractivity contribution in [3.63, 3.8) is 0 Å². The number of ether oxygens (including phenoxy) is 1. The number of carbonyl (C=O) groups excluding carboxylic acids is 2. The second-order valence-corrected chi connectivity index (χ2v) is 6.87. The van der Waals surface area contributed by atoms with Gasteiger partial charge in [0.2, 0.25) is 5.91 Å². The molecule has 0 aliphatic heterocycles. The molecule has 2 rings (SSSR count). The zero-order valence-electron chi connectivity index (χ0n) is 15.3. The van der Waals surface area contributed by atoms with Crippen LogP contribution in [0.25, 0.3) is 0 Å². The first-order valence-corrected chi connectivity index (χ1v) is 8.48. The molecule has 0 aliphatic carbocycles. The molecule has 1 atom stereocenters. The molecule has 0 saturated carbocycles. The number of aromatic hydroxyl groups is 2. The number of nitrogens with one attached hydrogen (secondary N) is 1. The third-order valence-electron chi connectivity index (χ3n) is 3.88. The summed E-state index contributed by atoms with van der Waals surface area (Å²) < 4.78 is 5.32. The Labute approximate surface area is 157 Å². The predicted molar refractivity (Wildman–Crippen MR) is 99.9 cm³/mol. The lowest BCUT2D eigenvalue weighted by molar-refractivity contribution is -0.149. The summed E-state index contributed by atoms with van der Waals surface area (Å²) in [5.74, 6) is -1.71. The highest BCUT2D eigenvalue weighted by Crippen LogP contribution is 2.25. The number of phenols is 2. The molecule has 144 valence electrons. The molecule has 0 saturated heterocycles. The number of hydrogen-bond acceptors (Lipinski definition) is 6. The zero-order chi connectivity index (χ0) is 20.0. The van der Waals surface area contributed by atoms with Crippen molar-refractivity contribution >= 4 is 11.9 Å². The Morgan fingerprint density at radius 3 is 2.33 bits per heavy atom. The molecule has 7 nitrogen and oxygen atoms in total. The monoisotopic (exact) mass is 372 g/mol.